The van der Waals surface area contributed by atoms with Gasteiger partial charge in [-0.1, -0.05) is 32.1 Å². The Labute approximate surface area is 141 Å². The molecule has 1 heterocycles. The van der Waals surface area contributed by atoms with Gasteiger partial charge in [0.1, 0.15) is 19.0 Å². The van der Waals surface area contributed by atoms with Gasteiger partial charge in [-0.2, -0.15) is 0 Å². The zero-order valence-electron chi connectivity index (χ0n) is 13.8. The Hall–Kier alpha value is -2.50. The molecule has 6 nitrogen and oxygen atoms in total. The lowest BCUT2D eigenvalue weighted by Gasteiger charge is -2.23. The van der Waals surface area contributed by atoms with E-state index >= 15 is 0 Å². The number of benzene rings is 1. The lowest BCUT2D eigenvalue weighted by atomic mass is 10.0. The Kier molecular flexibility index (Phi) is 6.23. The van der Waals surface area contributed by atoms with Crippen molar-refractivity contribution in [3.8, 4) is 5.75 Å². The first-order valence-electron chi connectivity index (χ1n) is 8.05. The fraction of sp³-hybridized carbons (Fsp3) is 0.444. The van der Waals surface area contributed by atoms with E-state index in [1.165, 1.54) is 18.2 Å². The van der Waals surface area contributed by atoms with Gasteiger partial charge in [0.15, 0.2) is 0 Å². The molecule has 0 radical (unpaired) electrons. The molecule has 0 aliphatic carbocycles. The van der Waals surface area contributed by atoms with Crippen molar-refractivity contribution in [2.24, 2.45) is 5.92 Å². The highest BCUT2D eigenvalue weighted by Gasteiger charge is 2.35. The van der Waals surface area contributed by atoms with Crippen LogP contribution >= 0.6 is 0 Å². The molecule has 24 heavy (non-hydrogen) atoms. The summed E-state index contributed by atoms with van der Waals surface area (Å²) >= 11 is 0. The van der Waals surface area contributed by atoms with Crippen molar-refractivity contribution in [1.29, 1.82) is 0 Å². The number of carbonyl (C=O) groups is 2. The van der Waals surface area contributed by atoms with Gasteiger partial charge in [0.05, 0.1) is 11.6 Å². The van der Waals surface area contributed by atoms with Crippen LogP contribution < -0.4 is 4.74 Å². The highest BCUT2D eigenvalue weighted by molar-refractivity contribution is 5.88. The summed E-state index contributed by atoms with van der Waals surface area (Å²) in [7, 11) is 0. The average Bonchev–Trinajstić information content (AvgIpc) is 3.01. The number of ether oxygens (including phenoxy) is 2. The van der Waals surface area contributed by atoms with Crippen molar-refractivity contribution < 1.29 is 24.2 Å². The highest BCUT2D eigenvalue weighted by Crippen LogP contribution is 2.27. The Balaban J connectivity index is 2.00. The molecule has 1 aliphatic heterocycles. The Morgan fingerprint density at radius 3 is 2.92 bits per heavy atom. The number of likely N-dealkylation sites (tertiary alicyclic amines) is 1. The molecule has 0 aromatic heterocycles. The largest absolute Gasteiger partial charge is 0.491 e. The van der Waals surface area contributed by atoms with Gasteiger partial charge in [-0.15, -0.1) is 0 Å². The first-order chi connectivity index (χ1) is 11.5. The summed E-state index contributed by atoms with van der Waals surface area (Å²) in [5, 5.41) is 9.02. The second-order valence-corrected chi connectivity index (χ2v) is 5.83. The second-order valence-electron chi connectivity index (χ2n) is 5.83. The summed E-state index contributed by atoms with van der Waals surface area (Å²) in [5.41, 5.74) is 0.174. The fourth-order valence-electron chi connectivity index (χ4n) is 2.82. The number of nitrogens with zero attached hydrogens (tertiary/aromatic N) is 1. The maximum absolute atomic E-state index is 12.2. The van der Waals surface area contributed by atoms with Crippen molar-refractivity contribution in [3.63, 3.8) is 0 Å². The molecule has 1 fully saturated rings. The number of carbonyl (C=O) groups excluding carboxylic acids is 1. The Morgan fingerprint density at radius 2 is 2.25 bits per heavy atom. The molecular formula is C18H23NO5. The van der Waals surface area contributed by atoms with Gasteiger partial charge < -0.3 is 19.5 Å². The minimum atomic E-state index is -0.998. The molecule has 1 aromatic rings. The number of hydrogen-bond donors (Lipinski definition) is 1. The van der Waals surface area contributed by atoms with E-state index in [-0.39, 0.29) is 24.3 Å². The molecule has 1 aromatic carbocycles. The van der Waals surface area contributed by atoms with Gasteiger partial charge in [-0.25, -0.2) is 9.59 Å². The SMILES string of the molecule is C=CCOC(=O)N1C[C@@H](CC)C[C@H]1COc1cccc(C(=O)O)c1. The highest BCUT2D eigenvalue weighted by atomic mass is 16.6. The van der Waals surface area contributed by atoms with Gasteiger partial charge in [0, 0.05) is 6.54 Å². The third kappa shape index (κ3) is 4.50. The summed E-state index contributed by atoms with van der Waals surface area (Å²) in [4.78, 5) is 24.9. The summed E-state index contributed by atoms with van der Waals surface area (Å²) in [6, 6.07) is 6.25. The zero-order valence-corrected chi connectivity index (χ0v) is 13.8. The maximum Gasteiger partial charge on any atom is 0.410 e. The van der Waals surface area contributed by atoms with Gasteiger partial charge in [0.2, 0.25) is 0 Å². The fourth-order valence-corrected chi connectivity index (χ4v) is 2.82. The summed E-state index contributed by atoms with van der Waals surface area (Å²) in [5.74, 6) is -0.100. The van der Waals surface area contributed by atoms with Crippen LogP contribution in [0.1, 0.15) is 30.1 Å². The molecule has 0 spiro atoms. The third-order valence-electron chi connectivity index (χ3n) is 4.16. The van der Waals surface area contributed by atoms with Crippen LogP contribution in [0, 0.1) is 5.92 Å². The van der Waals surface area contributed by atoms with Gasteiger partial charge >= 0.3 is 12.1 Å². The van der Waals surface area contributed by atoms with Crippen LogP contribution in [0.2, 0.25) is 0 Å². The van der Waals surface area contributed by atoms with Crippen LogP contribution in [0.3, 0.4) is 0 Å². The number of hydrogen-bond acceptors (Lipinski definition) is 4. The van der Waals surface area contributed by atoms with E-state index in [0.717, 1.165) is 12.8 Å². The molecule has 2 rings (SSSR count). The topological polar surface area (TPSA) is 76.1 Å². The van der Waals surface area contributed by atoms with Crippen LogP contribution in [0.15, 0.2) is 36.9 Å². The summed E-state index contributed by atoms with van der Waals surface area (Å²) in [6.45, 7) is 6.77. The number of rotatable bonds is 7. The molecule has 0 unspecified atom stereocenters. The van der Waals surface area contributed by atoms with Gasteiger partial charge in [-0.3, -0.25) is 0 Å². The minimum Gasteiger partial charge on any atom is -0.491 e. The minimum absolute atomic E-state index is 0.0826. The quantitative estimate of drug-likeness (QED) is 0.776. The van der Waals surface area contributed by atoms with E-state index in [1.807, 2.05) is 0 Å². The number of aromatic carboxylic acids is 1. The number of carboxylic acid groups (broad SMARTS) is 1. The molecular weight excluding hydrogens is 310 g/mol. The van der Waals surface area contributed by atoms with Crippen molar-refractivity contribution >= 4 is 12.1 Å². The molecule has 6 heteroatoms. The van der Waals surface area contributed by atoms with E-state index in [2.05, 4.69) is 13.5 Å². The summed E-state index contributed by atoms with van der Waals surface area (Å²) < 4.78 is 10.9. The van der Waals surface area contributed by atoms with E-state index in [1.54, 1.807) is 17.0 Å². The zero-order chi connectivity index (χ0) is 17.5. The van der Waals surface area contributed by atoms with Crippen molar-refractivity contribution in [3.05, 3.63) is 42.5 Å². The third-order valence-corrected chi connectivity index (χ3v) is 4.16. The van der Waals surface area contributed by atoms with Crippen LogP contribution in [0.4, 0.5) is 4.79 Å². The molecule has 1 aliphatic rings. The average molecular weight is 333 g/mol. The lowest BCUT2D eigenvalue weighted by Crippen LogP contribution is -2.39. The molecule has 1 N–H and O–H groups in total. The van der Waals surface area contributed by atoms with Crippen LogP contribution in [0.5, 0.6) is 5.75 Å². The first kappa shape index (κ1) is 17.8. The van der Waals surface area contributed by atoms with Crippen molar-refractivity contribution in [2.75, 3.05) is 19.8 Å². The Morgan fingerprint density at radius 1 is 1.46 bits per heavy atom. The van der Waals surface area contributed by atoms with Crippen LogP contribution in [0.25, 0.3) is 0 Å². The predicted molar refractivity (Wildman–Crippen MR) is 89.3 cm³/mol. The standard InChI is InChI=1S/C18H23NO5/c1-3-8-23-18(22)19-11-13(4-2)9-15(19)12-24-16-7-5-6-14(10-16)17(20)21/h3,5-7,10,13,15H,1,4,8-9,11-12H2,2H3,(H,20,21)/t13-,15-/m0/s1. The lowest BCUT2D eigenvalue weighted by molar-refractivity contribution is 0.0696. The van der Waals surface area contributed by atoms with E-state index in [9.17, 15) is 9.59 Å². The van der Waals surface area contributed by atoms with Crippen molar-refractivity contribution in [2.45, 2.75) is 25.8 Å². The second kappa shape index (κ2) is 8.38. The monoisotopic (exact) mass is 333 g/mol. The molecule has 130 valence electrons. The molecule has 1 amide bonds. The maximum atomic E-state index is 12.2. The number of carboxylic acids is 1. The molecule has 0 saturated carbocycles. The van der Waals surface area contributed by atoms with Gasteiger partial charge in [0.25, 0.3) is 0 Å². The van der Waals surface area contributed by atoms with Crippen LogP contribution in [-0.4, -0.2) is 47.9 Å². The van der Waals surface area contributed by atoms with E-state index in [0.29, 0.717) is 24.8 Å². The summed E-state index contributed by atoms with van der Waals surface area (Å²) in [6.07, 6.45) is 3.00. The smallest absolute Gasteiger partial charge is 0.410 e. The molecule has 0 bridgehead atoms. The Bertz CT molecular complexity index is 601. The number of amides is 1. The normalized spacial score (nSPS) is 19.8. The van der Waals surface area contributed by atoms with Crippen molar-refractivity contribution in [1.82, 2.24) is 4.90 Å². The molecule has 1 saturated heterocycles. The van der Waals surface area contributed by atoms with E-state index < -0.39 is 5.97 Å². The molecule has 2 atom stereocenters. The predicted octanol–water partition coefficient (Wildman–Crippen LogP) is 3.19. The van der Waals surface area contributed by atoms with Gasteiger partial charge in [-0.05, 0) is 30.5 Å². The van der Waals surface area contributed by atoms with E-state index in [4.69, 9.17) is 14.6 Å². The first-order valence-corrected chi connectivity index (χ1v) is 8.05. The van der Waals surface area contributed by atoms with Crippen LogP contribution in [-0.2, 0) is 4.74 Å².